The van der Waals surface area contributed by atoms with E-state index in [9.17, 15) is 9.59 Å². The second-order valence-corrected chi connectivity index (χ2v) is 4.33. The normalized spacial score (nSPS) is 10.0. The summed E-state index contributed by atoms with van der Waals surface area (Å²) in [7, 11) is 1.56. The minimum absolute atomic E-state index is 0.173. The first kappa shape index (κ1) is 14.8. The summed E-state index contributed by atoms with van der Waals surface area (Å²) in [6.07, 6.45) is 0. The third-order valence-corrected chi connectivity index (χ3v) is 3.01. The van der Waals surface area contributed by atoms with Gasteiger partial charge in [0, 0.05) is 11.1 Å². The van der Waals surface area contributed by atoms with Gasteiger partial charge in [-0.2, -0.15) is 0 Å². The fourth-order valence-corrected chi connectivity index (χ4v) is 2.01. The lowest BCUT2D eigenvalue weighted by Crippen LogP contribution is -2.17. The molecule has 0 spiro atoms. The molecule has 21 heavy (non-hydrogen) atoms. The van der Waals surface area contributed by atoms with Crippen molar-refractivity contribution in [1.82, 2.24) is 0 Å². The Morgan fingerprint density at radius 1 is 1.05 bits per heavy atom. The molecule has 2 aromatic rings. The highest BCUT2D eigenvalue weighted by Gasteiger charge is 2.19. The zero-order valence-corrected chi connectivity index (χ0v) is 12.0. The molecular weight excluding hydrogens is 268 g/mol. The van der Waals surface area contributed by atoms with E-state index in [4.69, 9.17) is 9.47 Å². The van der Waals surface area contributed by atoms with E-state index in [1.807, 2.05) is 30.3 Å². The number of hydrogen-bond donors (Lipinski definition) is 0. The number of Topliss-reactive ketones (excluding diaryl/α,β-unsaturated/α-hetero) is 1. The lowest BCUT2D eigenvalue weighted by Gasteiger charge is -2.10. The Balaban J connectivity index is 2.43. The Bertz CT molecular complexity index is 647. The van der Waals surface area contributed by atoms with E-state index in [-0.39, 0.29) is 12.2 Å². The average Bonchev–Trinajstić information content (AvgIpc) is 2.54. The van der Waals surface area contributed by atoms with Crippen LogP contribution in [-0.2, 0) is 9.53 Å². The highest BCUT2D eigenvalue weighted by molar-refractivity contribution is 6.40. The molecule has 0 unspecified atom stereocenters. The molecule has 0 amide bonds. The maximum absolute atomic E-state index is 12.0. The van der Waals surface area contributed by atoms with Crippen LogP contribution in [0.1, 0.15) is 17.3 Å². The van der Waals surface area contributed by atoms with E-state index in [0.717, 1.165) is 11.1 Å². The minimum atomic E-state index is -0.846. The summed E-state index contributed by atoms with van der Waals surface area (Å²) >= 11 is 0. The van der Waals surface area contributed by atoms with Gasteiger partial charge in [-0.25, -0.2) is 4.79 Å². The molecule has 0 aliphatic carbocycles. The molecular formula is C17H16O4. The Kier molecular flexibility index (Phi) is 4.72. The molecule has 2 aromatic carbocycles. The number of rotatable bonds is 5. The molecule has 0 aliphatic heterocycles. The first-order valence-electron chi connectivity index (χ1n) is 6.62. The number of esters is 1. The summed E-state index contributed by atoms with van der Waals surface area (Å²) in [6.45, 7) is 1.83. The van der Waals surface area contributed by atoms with Crippen molar-refractivity contribution in [2.45, 2.75) is 6.92 Å². The molecule has 0 aliphatic rings. The molecule has 4 heteroatoms. The van der Waals surface area contributed by atoms with Crippen molar-refractivity contribution >= 4 is 11.8 Å². The van der Waals surface area contributed by atoms with Crippen LogP contribution < -0.4 is 4.74 Å². The van der Waals surface area contributed by atoms with Gasteiger partial charge in [0.05, 0.1) is 13.7 Å². The number of hydrogen-bond acceptors (Lipinski definition) is 4. The first-order chi connectivity index (χ1) is 10.2. The van der Waals surface area contributed by atoms with E-state index < -0.39 is 11.8 Å². The van der Waals surface area contributed by atoms with Gasteiger partial charge in [-0.15, -0.1) is 0 Å². The molecule has 0 N–H and O–H groups in total. The lowest BCUT2D eigenvalue weighted by atomic mass is 10.00. The largest absolute Gasteiger partial charge is 0.496 e. The maximum atomic E-state index is 12.0. The van der Waals surface area contributed by atoms with Crippen LogP contribution in [-0.4, -0.2) is 25.5 Å². The van der Waals surface area contributed by atoms with Gasteiger partial charge in [-0.3, -0.25) is 4.79 Å². The van der Waals surface area contributed by atoms with Crippen LogP contribution in [0, 0.1) is 0 Å². The van der Waals surface area contributed by atoms with Gasteiger partial charge in [0.1, 0.15) is 5.75 Å². The molecule has 0 heterocycles. The molecule has 0 aromatic heterocycles. The monoisotopic (exact) mass is 284 g/mol. The third-order valence-electron chi connectivity index (χ3n) is 3.01. The van der Waals surface area contributed by atoms with Crippen molar-refractivity contribution in [3.05, 3.63) is 54.1 Å². The highest BCUT2D eigenvalue weighted by Crippen LogP contribution is 2.30. The van der Waals surface area contributed by atoms with Crippen molar-refractivity contribution in [3.8, 4) is 16.9 Å². The van der Waals surface area contributed by atoms with Gasteiger partial charge in [-0.1, -0.05) is 30.3 Å². The number of ketones is 1. The molecule has 108 valence electrons. The second kappa shape index (κ2) is 6.70. The third kappa shape index (κ3) is 3.28. The molecule has 0 atom stereocenters. The predicted octanol–water partition coefficient (Wildman–Crippen LogP) is 3.11. The Hall–Kier alpha value is -2.62. The Morgan fingerprint density at radius 3 is 2.38 bits per heavy atom. The summed E-state index contributed by atoms with van der Waals surface area (Å²) in [5.41, 5.74) is 1.95. The van der Waals surface area contributed by atoms with E-state index in [1.54, 1.807) is 32.2 Å². The second-order valence-electron chi connectivity index (χ2n) is 4.33. The first-order valence-corrected chi connectivity index (χ1v) is 6.62. The van der Waals surface area contributed by atoms with Gasteiger partial charge in [-0.05, 0) is 30.7 Å². The van der Waals surface area contributed by atoms with Gasteiger partial charge < -0.3 is 9.47 Å². The molecule has 0 saturated heterocycles. The van der Waals surface area contributed by atoms with E-state index >= 15 is 0 Å². The molecule has 0 fully saturated rings. The van der Waals surface area contributed by atoms with Crippen molar-refractivity contribution in [3.63, 3.8) is 0 Å². The van der Waals surface area contributed by atoms with E-state index in [0.29, 0.717) is 5.75 Å². The SMILES string of the molecule is CCOC(=O)C(=O)c1ccc(OC)c(-c2ccccc2)c1. The van der Waals surface area contributed by atoms with Crippen LogP contribution in [0.5, 0.6) is 5.75 Å². The van der Waals surface area contributed by atoms with Crippen LogP contribution in [0.4, 0.5) is 0 Å². The van der Waals surface area contributed by atoms with Crippen molar-refractivity contribution < 1.29 is 19.1 Å². The average molecular weight is 284 g/mol. The topological polar surface area (TPSA) is 52.6 Å². The molecule has 2 rings (SSSR count). The van der Waals surface area contributed by atoms with Gasteiger partial charge in [0.15, 0.2) is 0 Å². The maximum Gasteiger partial charge on any atom is 0.379 e. The predicted molar refractivity (Wildman–Crippen MR) is 79.4 cm³/mol. The fraction of sp³-hybridized carbons (Fsp3) is 0.176. The number of ether oxygens (including phenoxy) is 2. The molecule has 0 radical (unpaired) electrons. The Labute approximate surface area is 123 Å². The van der Waals surface area contributed by atoms with E-state index in [1.165, 1.54) is 0 Å². The van der Waals surface area contributed by atoms with Crippen LogP contribution in [0.3, 0.4) is 0 Å². The molecule has 4 nitrogen and oxygen atoms in total. The van der Waals surface area contributed by atoms with E-state index in [2.05, 4.69) is 0 Å². The zero-order valence-electron chi connectivity index (χ0n) is 12.0. The smallest absolute Gasteiger partial charge is 0.379 e. The fourth-order valence-electron chi connectivity index (χ4n) is 2.01. The Morgan fingerprint density at radius 2 is 1.76 bits per heavy atom. The minimum Gasteiger partial charge on any atom is -0.496 e. The number of carbonyl (C=O) groups excluding carboxylic acids is 2. The standard InChI is InChI=1S/C17H16O4/c1-3-21-17(19)16(18)13-9-10-15(20-2)14(11-13)12-7-5-4-6-8-12/h4-11H,3H2,1-2H3. The summed E-state index contributed by atoms with van der Waals surface area (Å²) in [6, 6.07) is 14.4. The summed E-state index contributed by atoms with van der Waals surface area (Å²) in [5, 5.41) is 0. The van der Waals surface area contributed by atoms with Crippen LogP contribution in [0.2, 0.25) is 0 Å². The van der Waals surface area contributed by atoms with Gasteiger partial charge >= 0.3 is 5.97 Å². The van der Waals surface area contributed by atoms with Gasteiger partial charge in [0.25, 0.3) is 5.78 Å². The van der Waals surface area contributed by atoms with Crippen molar-refractivity contribution in [1.29, 1.82) is 0 Å². The summed E-state index contributed by atoms with van der Waals surface area (Å²) < 4.78 is 10.1. The summed E-state index contributed by atoms with van der Waals surface area (Å²) in [5.74, 6) is -0.861. The van der Waals surface area contributed by atoms with Crippen LogP contribution in [0.25, 0.3) is 11.1 Å². The summed E-state index contributed by atoms with van der Waals surface area (Å²) in [4.78, 5) is 23.5. The number of methoxy groups -OCH3 is 1. The van der Waals surface area contributed by atoms with Crippen LogP contribution in [0.15, 0.2) is 48.5 Å². The number of carbonyl (C=O) groups is 2. The van der Waals surface area contributed by atoms with Crippen molar-refractivity contribution in [2.75, 3.05) is 13.7 Å². The highest BCUT2D eigenvalue weighted by atomic mass is 16.5. The van der Waals surface area contributed by atoms with Crippen LogP contribution >= 0.6 is 0 Å². The quantitative estimate of drug-likeness (QED) is 0.481. The molecule has 0 bridgehead atoms. The zero-order chi connectivity index (χ0) is 15.2. The molecule has 0 saturated carbocycles. The van der Waals surface area contributed by atoms with Gasteiger partial charge in [0.2, 0.25) is 0 Å². The number of benzene rings is 2. The lowest BCUT2D eigenvalue weighted by molar-refractivity contribution is -0.137. The van der Waals surface area contributed by atoms with Crippen molar-refractivity contribution in [2.24, 2.45) is 0 Å².